The van der Waals surface area contributed by atoms with Gasteiger partial charge in [-0.2, -0.15) is 0 Å². The Labute approximate surface area is 125 Å². The normalized spacial score (nSPS) is 11.3. The number of rotatable bonds is 4. The van der Waals surface area contributed by atoms with Crippen molar-refractivity contribution in [3.8, 4) is 0 Å². The van der Waals surface area contributed by atoms with Crippen molar-refractivity contribution in [2.24, 2.45) is 5.84 Å². The Kier molecular flexibility index (Phi) is 3.82. The second kappa shape index (κ2) is 5.92. The molecule has 0 unspecified atom stereocenters. The van der Waals surface area contributed by atoms with Gasteiger partial charge in [0.25, 0.3) is 0 Å². The number of hydrogen-bond donors (Lipinski definition) is 1. The van der Waals surface area contributed by atoms with Crippen molar-refractivity contribution in [2.75, 3.05) is 0 Å². The number of nitrogens with two attached hydrogens (primary N) is 1. The lowest BCUT2D eigenvalue weighted by molar-refractivity contribution is 0.477. The Morgan fingerprint density at radius 1 is 0.524 bits per heavy atom. The topological polar surface area (TPSA) is 40.1 Å². The number of hydrogen-bond acceptors (Lipinski definition) is 1. The predicted molar refractivity (Wildman–Crippen MR) is 85.5 cm³/mol. The van der Waals surface area contributed by atoms with Gasteiger partial charge in [0.05, 0.1) is 0 Å². The lowest BCUT2D eigenvalue weighted by atomic mass is 9.77. The van der Waals surface area contributed by atoms with Gasteiger partial charge in [-0.1, -0.05) is 91.0 Å². The maximum Gasteiger partial charge on any atom is 0.127 e. The summed E-state index contributed by atoms with van der Waals surface area (Å²) in [5, 5.41) is 0. The maximum absolute atomic E-state index is 5.93. The van der Waals surface area contributed by atoms with E-state index < -0.39 is 5.54 Å². The van der Waals surface area contributed by atoms with Crippen LogP contribution < -0.4 is 11.3 Å². The molecule has 0 saturated carbocycles. The van der Waals surface area contributed by atoms with Gasteiger partial charge in [-0.3, -0.25) is 5.84 Å². The molecule has 0 spiro atoms. The molecule has 0 aliphatic rings. The fourth-order valence-corrected chi connectivity index (χ4v) is 2.76. The molecule has 0 aliphatic carbocycles. The van der Waals surface area contributed by atoms with Crippen LogP contribution in [0.25, 0.3) is 0 Å². The van der Waals surface area contributed by atoms with Crippen LogP contribution in [0.15, 0.2) is 91.0 Å². The summed E-state index contributed by atoms with van der Waals surface area (Å²) in [4.78, 5) is 0. The van der Waals surface area contributed by atoms with E-state index in [0.29, 0.717) is 0 Å². The molecule has 3 aromatic rings. The van der Waals surface area contributed by atoms with E-state index in [2.05, 4.69) is 41.8 Å². The summed E-state index contributed by atoms with van der Waals surface area (Å²) >= 11 is 0. The molecular formula is C19H17N2. The molecule has 2 nitrogen and oxygen atoms in total. The molecule has 1 radical (unpaired) electrons. The molecule has 0 aromatic heterocycles. The lowest BCUT2D eigenvalue weighted by Gasteiger charge is -2.33. The van der Waals surface area contributed by atoms with Crippen LogP contribution in [0.3, 0.4) is 0 Å². The molecule has 0 fully saturated rings. The Balaban J connectivity index is 2.29. The highest BCUT2D eigenvalue weighted by molar-refractivity contribution is 5.48. The van der Waals surface area contributed by atoms with Gasteiger partial charge in [0, 0.05) is 0 Å². The predicted octanol–water partition coefficient (Wildman–Crippen LogP) is 3.46. The van der Waals surface area contributed by atoms with Gasteiger partial charge in [-0.15, -0.1) is 5.43 Å². The molecule has 0 heterocycles. The molecule has 0 bridgehead atoms. The Morgan fingerprint density at radius 3 is 1.05 bits per heavy atom. The van der Waals surface area contributed by atoms with Crippen molar-refractivity contribution in [1.82, 2.24) is 5.43 Å². The third-order valence-electron chi connectivity index (χ3n) is 3.77. The van der Waals surface area contributed by atoms with Crippen molar-refractivity contribution >= 4 is 0 Å². The van der Waals surface area contributed by atoms with E-state index in [1.165, 1.54) is 0 Å². The quantitative estimate of drug-likeness (QED) is 0.441. The Morgan fingerprint density at radius 2 is 0.810 bits per heavy atom. The minimum Gasteiger partial charge on any atom is -0.252 e. The van der Waals surface area contributed by atoms with Crippen LogP contribution in [0.2, 0.25) is 0 Å². The molecule has 21 heavy (non-hydrogen) atoms. The Bertz CT molecular complexity index is 582. The number of benzene rings is 3. The fraction of sp³-hybridized carbons (Fsp3) is 0.0526. The largest absolute Gasteiger partial charge is 0.252 e. The standard InChI is InChI=1S/C19H17N2/c20-21-19(16-10-4-1-5-11-16,17-12-6-2-7-13-17)18-14-8-3-9-15-18/h1-15H,20H2. The average Bonchev–Trinajstić information content (AvgIpc) is 2.59. The third-order valence-corrected chi connectivity index (χ3v) is 3.77. The summed E-state index contributed by atoms with van der Waals surface area (Å²) in [6.45, 7) is 0. The molecule has 0 saturated heterocycles. The Hall–Kier alpha value is -2.42. The molecule has 0 amide bonds. The molecule has 0 atom stereocenters. The van der Waals surface area contributed by atoms with Crippen molar-refractivity contribution in [2.45, 2.75) is 5.54 Å². The van der Waals surface area contributed by atoms with Gasteiger partial charge in [0.1, 0.15) is 5.54 Å². The molecule has 3 rings (SSSR count). The first kappa shape index (κ1) is 13.6. The highest BCUT2D eigenvalue weighted by atomic mass is 15.3. The van der Waals surface area contributed by atoms with Crippen molar-refractivity contribution < 1.29 is 0 Å². The van der Waals surface area contributed by atoms with E-state index in [-0.39, 0.29) is 0 Å². The lowest BCUT2D eigenvalue weighted by Crippen LogP contribution is -2.43. The zero-order chi connectivity index (χ0) is 14.5. The van der Waals surface area contributed by atoms with Crippen LogP contribution in [-0.4, -0.2) is 0 Å². The molecule has 0 aliphatic heterocycles. The molecular weight excluding hydrogens is 256 g/mol. The van der Waals surface area contributed by atoms with Gasteiger partial charge >= 0.3 is 0 Å². The van der Waals surface area contributed by atoms with Gasteiger partial charge in [-0.05, 0) is 16.7 Å². The average molecular weight is 273 g/mol. The molecule has 2 heteroatoms. The van der Waals surface area contributed by atoms with Gasteiger partial charge < -0.3 is 0 Å². The van der Waals surface area contributed by atoms with E-state index in [9.17, 15) is 0 Å². The molecule has 103 valence electrons. The van der Waals surface area contributed by atoms with E-state index in [0.717, 1.165) is 16.7 Å². The summed E-state index contributed by atoms with van der Waals surface area (Å²) < 4.78 is 0. The summed E-state index contributed by atoms with van der Waals surface area (Å²) in [5.41, 5.74) is 6.83. The first-order valence-electron chi connectivity index (χ1n) is 6.96. The monoisotopic (exact) mass is 273 g/mol. The smallest absolute Gasteiger partial charge is 0.127 e. The summed E-state index contributed by atoms with van der Waals surface area (Å²) in [6, 6.07) is 30.5. The van der Waals surface area contributed by atoms with Crippen LogP contribution in [0.4, 0.5) is 0 Å². The second-order valence-electron chi connectivity index (χ2n) is 4.94. The molecule has 2 N–H and O–H groups in total. The van der Waals surface area contributed by atoms with Crippen molar-refractivity contribution in [3.63, 3.8) is 0 Å². The maximum atomic E-state index is 5.93. The first-order valence-corrected chi connectivity index (χ1v) is 6.96. The minimum absolute atomic E-state index is 0.677. The third kappa shape index (κ3) is 2.35. The first-order chi connectivity index (χ1) is 10.4. The summed E-state index contributed by atoms with van der Waals surface area (Å²) in [6.07, 6.45) is 0. The summed E-state index contributed by atoms with van der Waals surface area (Å²) in [7, 11) is 0. The van der Waals surface area contributed by atoms with E-state index in [1.54, 1.807) is 0 Å². The zero-order valence-corrected chi connectivity index (χ0v) is 11.7. The zero-order valence-electron chi connectivity index (χ0n) is 11.7. The van der Waals surface area contributed by atoms with E-state index in [4.69, 9.17) is 5.84 Å². The van der Waals surface area contributed by atoms with Crippen molar-refractivity contribution in [1.29, 1.82) is 0 Å². The summed E-state index contributed by atoms with van der Waals surface area (Å²) in [5.74, 6) is 5.93. The number of nitrogens with zero attached hydrogens (tertiary/aromatic N) is 1. The fourth-order valence-electron chi connectivity index (χ4n) is 2.76. The van der Waals surface area contributed by atoms with E-state index >= 15 is 0 Å². The van der Waals surface area contributed by atoms with E-state index in [1.807, 2.05) is 54.6 Å². The SMILES string of the molecule is N[N]C(c1ccccc1)(c1ccccc1)c1ccccc1. The van der Waals surface area contributed by atoms with Crippen LogP contribution >= 0.6 is 0 Å². The van der Waals surface area contributed by atoms with Crippen molar-refractivity contribution in [3.05, 3.63) is 108 Å². The van der Waals surface area contributed by atoms with Gasteiger partial charge in [0.2, 0.25) is 0 Å². The van der Waals surface area contributed by atoms with Crippen LogP contribution in [0, 0.1) is 0 Å². The van der Waals surface area contributed by atoms with Crippen LogP contribution in [0.1, 0.15) is 16.7 Å². The molecule has 3 aromatic carbocycles. The highest BCUT2D eigenvalue weighted by Crippen LogP contribution is 2.36. The van der Waals surface area contributed by atoms with Crippen LogP contribution in [0.5, 0.6) is 0 Å². The minimum atomic E-state index is -0.677. The van der Waals surface area contributed by atoms with Gasteiger partial charge in [-0.25, -0.2) is 0 Å². The second-order valence-corrected chi connectivity index (χ2v) is 4.94. The highest BCUT2D eigenvalue weighted by Gasteiger charge is 2.36. The van der Waals surface area contributed by atoms with Crippen LogP contribution in [-0.2, 0) is 5.54 Å². The van der Waals surface area contributed by atoms with Gasteiger partial charge in [0.15, 0.2) is 0 Å².